The molecular formula is C19H20ClN3O2. The molecule has 6 heteroatoms. The van der Waals surface area contributed by atoms with E-state index in [1.165, 1.54) is 4.90 Å². The molecule has 2 aromatic carbocycles. The summed E-state index contributed by atoms with van der Waals surface area (Å²) >= 11 is 5.87. The molecule has 5 nitrogen and oxygen atoms in total. The third-order valence-electron chi connectivity index (χ3n) is 4.22. The maximum Gasteiger partial charge on any atom is 0.252 e. The monoisotopic (exact) mass is 357 g/mol. The van der Waals surface area contributed by atoms with Crippen molar-refractivity contribution in [3.05, 3.63) is 59.1 Å². The van der Waals surface area contributed by atoms with Gasteiger partial charge in [0.2, 0.25) is 5.91 Å². The number of anilines is 2. The molecular weight excluding hydrogens is 338 g/mol. The second-order valence-corrected chi connectivity index (χ2v) is 6.72. The average molecular weight is 358 g/mol. The number of hydrogen-bond donors (Lipinski definition) is 1. The van der Waals surface area contributed by atoms with Gasteiger partial charge in [0.25, 0.3) is 5.91 Å². The lowest BCUT2D eigenvalue weighted by atomic mass is 10.2. The quantitative estimate of drug-likeness (QED) is 0.835. The first kappa shape index (κ1) is 17.3. The summed E-state index contributed by atoms with van der Waals surface area (Å²) in [5.74, 6) is -0.362. The van der Waals surface area contributed by atoms with Gasteiger partial charge in [0.05, 0.1) is 13.0 Å². The lowest BCUT2D eigenvalue weighted by Gasteiger charge is -2.17. The number of amides is 2. The van der Waals surface area contributed by atoms with Gasteiger partial charge in [-0.15, -0.1) is 0 Å². The van der Waals surface area contributed by atoms with Crippen LogP contribution < -0.4 is 10.2 Å². The molecule has 0 spiro atoms. The molecule has 0 bridgehead atoms. The summed E-state index contributed by atoms with van der Waals surface area (Å²) in [5, 5.41) is 3.79. The van der Waals surface area contributed by atoms with Gasteiger partial charge in [-0.25, -0.2) is 0 Å². The van der Waals surface area contributed by atoms with Crippen LogP contribution in [0.25, 0.3) is 0 Å². The molecule has 1 aliphatic heterocycles. The van der Waals surface area contributed by atoms with Gasteiger partial charge in [-0.1, -0.05) is 23.7 Å². The molecule has 3 rings (SSSR count). The van der Waals surface area contributed by atoms with Crippen LogP contribution in [0.3, 0.4) is 0 Å². The summed E-state index contributed by atoms with van der Waals surface area (Å²) in [4.78, 5) is 28.1. The van der Waals surface area contributed by atoms with E-state index in [0.29, 0.717) is 5.02 Å². The van der Waals surface area contributed by atoms with Crippen molar-refractivity contribution in [3.63, 3.8) is 0 Å². The van der Waals surface area contributed by atoms with Crippen LogP contribution in [0.4, 0.5) is 11.4 Å². The fourth-order valence-corrected chi connectivity index (χ4v) is 2.92. The van der Waals surface area contributed by atoms with Crippen molar-refractivity contribution in [3.8, 4) is 0 Å². The van der Waals surface area contributed by atoms with Crippen molar-refractivity contribution in [2.24, 2.45) is 0 Å². The minimum Gasteiger partial charge on any atom is -0.378 e. The topological polar surface area (TPSA) is 52.7 Å². The summed E-state index contributed by atoms with van der Waals surface area (Å²) in [6.45, 7) is 0.270. The number of rotatable bonds is 5. The molecule has 1 fully saturated rings. The maximum absolute atomic E-state index is 12.6. The van der Waals surface area contributed by atoms with Crippen LogP contribution in [0.15, 0.2) is 48.5 Å². The van der Waals surface area contributed by atoms with Gasteiger partial charge in [-0.3, -0.25) is 14.5 Å². The first-order valence-electron chi connectivity index (χ1n) is 8.06. The van der Waals surface area contributed by atoms with Crippen LogP contribution in [-0.4, -0.2) is 36.9 Å². The van der Waals surface area contributed by atoms with Crippen LogP contribution >= 0.6 is 11.6 Å². The molecule has 1 unspecified atom stereocenters. The van der Waals surface area contributed by atoms with Crippen molar-refractivity contribution in [1.29, 1.82) is 0 Å². The zero-order chi connectivity index (χ0) is 18.0. The molecule has 1 saturated heterocycles. The van der Waals surface area contributed by atoms with Crippen LogP contribution in [0.5, 0.6) is 0 Å². The van der Waals surface area contributed by atoms with Gasteiger partial charge < -0.3 is 10.2 Å². The molecule has 25 heavy (non-hydrogen) atoms. The Morgan fingerprint density at radius 1 is 1.08 bits per heavy atom. The van der Waals surface area contributed by atoms with Crippen molar-refractivity contribution in [1.82, 2.24) is 4.90 Å². The summed E-state index contributed by atoms with van der Waals surface area (Å²) in [7, 11) is 3.94. The first-order valence-corrected chi connectivity index (χ1v) is 8.44. The highest BCUT2D eigenvalue weighted by Crippen LogP contribution is 2.22. The standard InChI is InChI=1S/C19H20ClN3O2/c1-22(2)16-9-7-15(8-10-16)21-17-11-18(24)23(19(17)25)12-13-3-5-14(20)6-4-13/h3-10,17,21H,11-12H2,1-2H3. The Balaban J connectivity index is 1.67. The molecule has 1 aliphatic rings. The summed E-state index contributed by atoms with van der Waals surface area (Å²) < 4.78 is 0. The Kier molecular flexibility index (Phi) is 4.95. The third kappa shape index (κ3) is 3.94. The summed E-state index contributed by atoms with van der Waals surface area (Å²) in [6, 6.07) is 14.4. The molecule has 2 aromatic rings. The zero-order valence-electron chi connectivity index (χ0n) is 14.2. The Bertz CT molecular complexity index is 772. The largest absolute Gasteiger partial charge is 0.378 e. The van der Waals surface area contributed by atoms with Crippen molar-refractivity contribution in [2.45, 2.75) is 19.0 Å². The SMILES string of the molecule is CN(C)c1ccc(NC2CC(=O)N(Cc3ccc(Cl)cc3)C2=O)cc1. The van der Waals surface area contributed by atoms with E-state index in [1.807, 2.05) is 55.4 Å². The van der Waals surface area contributed by atoms with Crippen molar-refractivity contribution in [2.75, 3.05) is 24.3 Å². The Hall–Kier alpha value is -2.53. The minimum atomic E-state index is -0.523. The first-order chi connectivity index (χ1) is 11.9. The molecule has 2 amide bonds. The number of benzene rings is 2. The second-order valence-electron chi connectivity index (χ2n) is 6.29. The van der Waals surface area contributed by atoms with E-state index in [9.17, 15) is 9.59 Å². The Morgan fingerprint density at radius 3 is 2.32 bits per heavy atom. The highest BCUT2D eigenvalue weighted by atomic mass is 35.5. The van der Waals surface area contributed by atoms with Crippen LogP contribution in [-0.2, 0) is 16.1 Å². The summed E-state index contributed by atoms with van der Waals surface area (Å²) in [6.07, 6.45) is 0.169. The maximum atomic E-state index is 12.6. The molecule has 0 radical (unpaired) electrons. The Morgan fingerprint density at radius 2 is 1.72 bits per heavy atom. The number of imide groups is 1. The number of hydrogen-bond acceptors (Lipinski definition) is 4. The lowest BCUT2D eigenvalue weighted by Crippen LogP contribution is -2.34. The van der Waals surface area contributed by atoms with Gasteiger partial charge in [0.15, 0.2) is 0 Å². The van der Waals surface area contributed by atoms with Crippen LogP contribution in [0.2, 0.25) is 5.02 Å². The molecule has 130 valence electrons. The zero-order valence-corrected chi connectivity index (χ0v) is 15.0. The molecule has 0 aromatic heterocycles. The van der Waals surface area contributed by atoms with Crippen molar-refractivity contribution >= 4 is 34.8 Å². The predicted molar refractivity (Wildman–Crippen MR) is 99.8 cm³/mol. The number of halogens is 1. The number of carbonyl (C=O) groups is 2. The molecule has 0 saturated carbocycles. The molecule has 1 N–H and O–H groups in total. The third-order valence-corrected chi connectivity index (χ3v) is 4.47. The predicted octanol–water partition coefficient (Wildman–Crippen LogP) is 3.15. The van der Waals surface area contributed by atoms with Gasteiger partial charge >= 0.3 is 0 Å². The van der Waals surface area contributed by atoms with E-state index in [-0.39, 0.29) is 24.8 Å². The minimum absolute atomic E-state index is 0.164. The van der Waals surface area contributed by atoms with E-state index in [1.54, 1.807) is 12.1 Å². The fraction of sp³-hybridized carbons (Fsp3) is 0.263. The smallest absolute Gasteiger partial charge is 0.252 e. The van der Waals surface area contributed by atoms with Crippen LogP contribution in [0, 0.1) is 0 Å². The average Bonchev–Trinajstić information content (AvgIpc) is 2.85. The van der Waals surface area contributed by atoms with Gasteiger partial charge in [0, 0.05) is 30.5 Å². The van der Waals surface area contributed by atoms with Crippen LogP contribution in [0.1, 0.15) is 12.0 Å². The number of nitrogens with zero attached hydrogens (tertiary/aromatic N) is 2. The second kappa shape index (κ2) is 7.15. The normalized spacial score (nSPS) is 17.1. The number of carbonyl (C=O) groups excluding carboxylic acids is 2. The molecule has 0 aliphatic carbocycles. The van der Waals surface area contributed by atoms with E-state index < -0.39 is 6.04 Å². The molecule has 1 atom stereocenters. The Labute approximate surface area is 152 Å². The highest BCUT2D eigenvalue weighted by Gasteiger charge is 2.38. The number of likely N-dealkylation sites (tertiary alicyclic amines) is 1. The van der Waals surface area contributed by atoms with Crippen molar-refractivity contribution < 1.29 is 9.59 Å². The van der Waals surface area contributed by atoms with E-state index >= 15 is 0 Å². The highest BCUT2D eigenvalue weighted by molar-refractivity contribution is 6.30. The fourth-order valence-electron chi connectivity index (χ4n) is 2.79. The van der Waals surface area contributed by atoms with Gasteiger partial charge in [0.1, 0.15) is 6.04 Å². The number of nitrogens with one attached hydrogen (secondary N) is 1. The van der Waals surface area contributed by atoms with E-state index in [2.05, 4.69) is 5.32 Å². The van der Waals surface area contributed by atoms with E-state index in [4.69, 9.17) is 11.6 Å². The molecule has 1 heterocycles. The summed E-state index contributed by atoms with van der Waals surface area (Å²) in [5.41, 5.74) is 2.77. The van der Waals surface area contributed by atoms with Gasteiger partial charge in [-0.05, 0) is 42.0 Å². The van der Waals surface area contributed by atoms with Gasteiger partial charge in [-0.2, -0.15) is 0 Å². The van der Waals surface area contributed by atoms with E-state index in [0.717, 1.165) is 16.9 Å². The lowest BCUT2D eigenvalue weighted by molar-refractivity contribution is -0.139.